The molecule has 0 fully saturated rings. The number of ether oxygens (including phenoxy) is 5. The summed E-state index contributed by atoms with van der Waals surface area (Å²) in [7, 11) is 0. The molecule has 0 unspecified atom stereocenters. The Morgan fingerprint density at radius 3 is 1.26 bits per heavy atom. The Bertz CT molecular complexity index is 975. The Morgan fingerprint density at radius 1 is 0.571 bits per heavy atom. The molecule has 2 aromatic rings. The van der Waals surface area contributed by atoms with Gasteiger partial charge in [-0.2, -0.15) is 0 Å². The summed E-state index contributed by atoms with van der Waals surface area (Å²) in [6, 6.07) is 11.9. The predicted octanol–water partition coefficient (Wildman–Crippen LogP) is 3.40. The number of rotatable bonds is 14. The number of carbonyl (C=O) groups is 4. The van der Waals surface area contributed by atoms with E-state index in [1.54, 1.807) is 12.1 Å². The Hall–Kier alpha value is -4.24. The number of benzene rings is 2. The van der Waals surface area contributed by atoms with Gasteiger partial charge in [0.25, 0.3) is 0 Å². The van der Waals surface area contributed by atoms with Crippen LogP contribution in [0.25, 0.3) is 0 Å². The van der Waals surface area contributed by atoms with E-state index >= 15 is 0 Å². The second-order valence-corrected chi connectivity index (χ2v) is 6.82. The zero-order valence-corrected chi connectivity index (χ0v) is 19.1. The molecule has 2 rings (SSSR count). The number of hydrogen-bond donors (Lipinski definition) is 0. The molecule has 0 aliphatic heterocycles. The number of hydrogen-bond acceptors (Lipinski definition) is 9. The van der Waals surface area contributed by atoms with Gasteiger partial charge in [0.1, 0.15) is 26.4 Å². The zero-order valence-electron chi connectivity index (χ0n) is 19.1. The van der Waals surface area contributed by atoms with Crippen molar-refractivity contribution in [3.05, 3.63) is 96.1 Å². The van der Waals surface area contributed by atoms with E-state index in [1.165, 1.54) is 48.6 Å². The summed E-state index contributed by atoms with van der Waals surface area (Å²) in [5.74, 6) is -2.39. The lowest BCUT2D eigenvalue weighted by Crippen LogP contribution is -2.15. The van der Waals surface area contributed by atoms with Gasteiger partial charge in [-0.25, -0.2) is 19.2 Å². The minimum Gasteiger partial charge on any atom is -0.460 e. The molecule has 9 heteroatoms. The third-order valence-corrected chi connectivity index (χ3v) is 4.25. The largest absolute Gasteiger partial charge is 0.460 e. The fraction of sp³-hybridized carbons (Fsp3) is 0.231. The number of carbonyl (C=O) groups excluding carboxylic acids is 4. The van der Waals surface area contributed by atoms with E-state index in [0.717, 1.165) is 0 Å². The average Bonchev–Trinajstić information content (AvgIpc) is 2.89. The van der Waals surface area contributed by atoms with Crippen molar-refractivity contribution in [3.8, 4) is 0 Å². The van der Waals surface area contributed by atoms with Crippen molar-refractivity contribution >= 4 is 23.9 Å². The monoisotopic (exact) mass is 482 g/mol. The van der Waals surface area contributed by atoms with Crippen LogP contribution < -0.4 is 0 Å². The summed E-state index contributed by atoms with van der Waals surface area (Å²) in [6.07, 6.45) is 2.89. The van der Waals surface area contributed by atoms with Gasteiger partial charge in [0.15, 0.2) is 0 Å². The first-order valence-corrected chi connectivity index (χ1v) is 10.6. The van der Waals surface area contributed by atoms with E-state index in [2.05, 4.69) is 13.2 Å². The van der Waals surface area contributed by atoms with Crippen molar-refractivity contribution in [3.63, 3.8) is 0 Å². The fourth-order valence-electron chi connectivity index (χ4n) is 2.64. The standard InChI is InChI=1S/C26H26O9/c1-3-11-32-23(27)19-7-5-9-21(17-19)25(29)34-15-13-31-14-16-35-26(30)22-10-6-8-20(18-22)24(28)33-12-4-2/h3-10,17-18H,1-2,11-16H2. The van der Waals surface area contributed by atoms with Gasteiger partial charge in [-0.05, 0) is 36.4 Å². The van der Waals surface area contributed by atoms with E-state index in [-0.39, 0.29) is 61.9 Å². The Balaban J connectivity index is 1.68. The number of esters is 4. The molecule has 184 valence electrons. The zero-order chi connectivity index (χ0) is 25.5. The first-order valence-electron chi connectivity index (χ1n) is 10.6. The lowest BCUT2D eigenvalue weighted by Gasteiger charge is -2.08. The van der Waals surface area contributed by atoms with Gasteiger partial charge in [-0.3, -0.25) is 0 Å². The molecule has 0 radical (unpaired) electrons. The molecule has 0 saturated carbocycles. The molecular weight excluding hydrogens is 456 g/mol. The van der Waals surface area contributed by atoms with Crippen LogP contribution in [0.15, 0.2) is 73.8 Å². The van der Waals surface area contributed by atoms with Crippen LogP contribution >= 0.6 is 0 Å². The van der Waals surface area contributed by atoms with Crippen molar-refractivity contribution in [2.75, 3.05) is 39.6 Å². The molecule has 0 bridgehead atoms. The summed E-state index contributed by atoms with van der Waals surface area (Å²) >= 11 is 0. The Kier molecular flexibility index (Phi) is 11.4. The first-order chi connectivity index (χ1) is 17.0. The molecule has 35 heavy (non-hydrogen) atoms. The highest BCUT2D eigenvalue weighted by atomic mass is 16.6. The van der Waals surface area contributed by atoms with Gasteiger partial charge in [0.05, 0.1) is 35.5 Å². The maximum absolute atomic E-state index is 12.1. The van der Waals surface area contributed by atoms with Crippen molar-refractivity contribution in [2.24, 2.45) is 0 Å². The summed E-state index contributed by atoms with van der Waals surface area (Å²) in [4.78, 5) is 48.0. The van der Waals surface area contributed by atoms with Gasteiger partial charge >= 0.3 is 23.9 Å². The van der Waals surface area contributed by atoms with Crippen LogP contribution in [0.2, 0.25) is 0 Å². The van der Waals surface area contributed by atoms with Gasteiger partial charge in [0, 0.05) is 0 Å². The van der Waals surface area contributed by atoms with Crippen LogP contribution in [0.1, 0.15) is 41.4 Å². The Labute approximate surface area is 202 Å². The van der Waals surface area contributed by atoms with Crippen LogP contribution in [0.3, 0.4) is 0 Å². The van der Waals surface area contributed by atoms with Crippen molar-refractivity contribution < 1.29 is 42.9 Å². The molecule has 0 aliphatic rings. The molecule has 0 spiro atoms. The summed E-state index contributed by atoms with van der Waals surface area (Å²) in [5.41, 5.74) is 0.835. The molecule has 0 saturated heterocycles. The van der Waals surface area contributed by atoms with Crippen LogP contribution in [0.5, 0.6) is 0 Å². The van der Waals surface area contributed by atoms with Crippen molar-refractivity contribution in [1.29, 1.82) is 0 Å². The SMILES string of the molecule is C=CCOC(=O)c1cccc(C(=O)OCCOCCOC(=O)c2cccc(C(=O)OCC=C)c2)c1. The molecule has 0 N–H and O–H groups in total. The van der Waals surface area contributed by atoms with Gasteiger partial charge in [0.2, 0.25) is 0 Å². The first kappa shape index (κ1) is 27.0. The Morgan fingerprint density at radius 2 is 0.914 bits per heavy atom. The second kappa shape index (κ2) is 14.8. The van der Waals surface area contributed by atoms with Gasteiger partial charge < -0.3 is 23.7 Å². The molecule has 2 aromatic carbocycles. The van der Waals surface area contributed by atoms with E-state index in [1.807, 2.05) is 0 Å². The minimum absolute atomic E-state index is 0.0349. The van der Waals surface area contributed by atoms with E-state index in [9.17, 15) is 19.2 Å². The van der Waals surface area contributed by atoms with E-state index in [0.29, 0.717) is 0 Å². The molecule has 0 amide bonds. The molecule has 0 heterocycles. The molecule has 0 aliphatic carbocycles. The molecular formula is C26H26O9. The lowest BCUT2D eigenvalue weighted by molar-refractivity contribution is 0.0151. The average molecular weight is 482 g/mol. The van der Waals surface area contributed by atoms with Crippen molar-refractivity contribution in [1.82, 2.24) is 0 Å². The summed E-state index contributed by atoms with van der Waals surface area (Å²) < 4.78 is 25.4. The van der Waals surface area contributed by atoms with Crippen LogP contribution in [-0.4, -0.2) is 63.5 Å². The highest BCUT2D eigenvalue weighted by Gasteiger charge is 2.13. The van der Waals surface area contributed by atoms with Gasteiger partial charge in [-0.1, -0.05) is 37.4 Å². The van der Waals surface area contributed by atoms with Crippen LogP contribution in [0.4, 0.5) is 0 Å². The molecule has 0 aromatic heterocycles. The highest BCUT2D eigenvalue weighted by Crippen LogP contribution is 2.10. The maximum Gasteiger partial charge on any atom is 0.338 e. The molecule has 0 atom stereocenters. The quantitative estimate of drug-likeness (QED) is 0.173. The topological polar surface area (TPSA) is 114 Å². The predicted molar refractivity (Wildman–Crippen MR) is 125 cm³/mol. The normalized spacial score (nSPS) is 10.1. The smallest absolute Gasteiger partial charge is 0.338 e. The molecule has 9 nitrogen and oxygen atoms in total. The van der Waals surface area contributed by atoms with E-state index in [4.69, 9.17) is 23.7 Å². The van der Waals surface area contributed by atoms with Crippen molar-refractivity contribution in [2.45, 2.75) is 0 Å². The van der Waals surface area contributed by atoms with Gasteiger partial charge in [-0.15, -0.1) is 0 Å². The summed E-state index contributed by atoms with van der Waals surface area (Å²) in [6.45, 7) is 7.15. The van der Waals surface area contributed by atoms with Crippen LogP contribution in [0, 0.1) is 0 Å². The minimum atomic E-state index is -0.620. The second-order valence-electron chi connectivity index (χ2n) is 6.82. The van der Waals surface area contributed by atoms with Crippen LogP contribution in [-0.2, 0) is 23.7 Å². The highest BCUT2D eigenvalue weighted by molar-refractivity contribution is 5.96. The van der Waals surface area contributed by atoms with E-state index < -0.39 is 23.9 Å². The maximum atomic E-state index is 12.1. The fourth-order valence-corrected chi connectivity index (χ4v) is 2.64. The third kappa shape index (κ3) is 9.26. The third-order valence-electron chi connectivity index (χ3n) is 4.25. The lowest BCUT2D eigenvalue weighted by atomic mass is 10.1. The summed E-state index contributed by atoms with van der Waals surface area (Å²) in [5, 5.41) is 0.